The van der Waals surface area contributed by atoms with Crippen LogP contribution in [0.3, 0.4) is 0 Å². The molecule has 7 heteroatoms. The topological polar surface area (TPSA) is 67.6 Å². The van der Waals surface area contributed by atoms with Crippen LogP contribution in [0.25, 0.3) is 0 Å². The minimum Gasteiger partial charge on any atom is -0.383 e. The third-order valence-electron chi connectivity index (χ3n) is 5.17. The van der Waals surface area contributed by atoms with Gasteiger partial charge in [-0.15, -0.1) is 0 Å². The second-order valence-electron chi connectivity index (χ2n) is 6.76. The second-order valence-corrected chi connectivity index (χ2v) is 6.76. The van der Waals surface area contributed by atoms with E-state index in [0.717, 1.165) is 18.9 Å². The maximum atomic E-state index is 13.7. The Kier molecular flexibility index (Phi) is 4.73. The van der Waals surface area contributed by atoms with E-state index in [9.17, 15) is 13.6 Å². The van der Waals surface area contributed by atoms with Crippen molar-refractivity contribution in [3.63, 3.8) is 0 Å². The van der Waals surface area contributed by atoms with E-state index in [-0.39, 0.29) is 5.92 Å². The number of hydrogen-bond acceptors (Lipinski definition) is 3. The van der Waals surface area contributed by atoms with Crippen molar-refractivity contribution in [1.82, 2.24) is 10.2 Å². The molecule has 2 fully saturated rings. The van der Waals surface area contributed by atoms with Gasteiger partial charge in [0.15, 0.2) is 11.6 Å². The summed E-state index contributed by atoms with van der Waals surface area (Å²) >= 11 is 0. The highest BCUT2D eigenvalue weighted by Crippen LogP contribution is 2.50. The van der Waals surface area contributed by atoms with E-state index in [1.54, 1.807) is 13.2 Å². The van der Waals surface area contributed by atoms with Gasteiger partial charge >= 0.3 is 6.03 Å². The Balaban J connectivity index is 1.94. The van der Waals surface area contributed by atoms with Gasteiger partial charge in [-0.1, -0.05) is 6.07 Å². The molecule has 3 N–H and O–H groups in total. The Morgan fingerprint density at radius 3 is 2.75 bits per heavy atom. The number of rotatable bonds is 6. The maximum Gasteiger partial charge on any atom is 0.312 e. The number of urea groups is 1. The molecule has 1 aromatic carbocycles. The first-order valence-electron chi connectivity index (χ1n) is 8.20. The lowest BCUT2D eigenvalue weighted by molar-refractivity contribution is 0.154. The summed E-state index contributed by atoms with van der Waals surface area (Å²) in [5, 5.41) is 2.95. The van der Waals surface area contributed by atoms with Crippen molar-refractivity contribution in [3.8, 4) is 0 Å². The average molecular weight is 339 g/mol. The van der Waals surface area contributed by atoms with E-state index in [4.69, 9.17) is 10.5 Å². The van der Waals surface area contributed by atoms with Crippen LogP contribution in [-0.4, -0.2) is 49.8 Å². The van der Waals surface area contributed by atoms with Crippen LogP contribution in [0.5, 0.6) is 0 Å². The van der Waals surface area contributed by atoms with E-state index < -0.39 is 23.2 Å². The number of ether oxygens (including phenoxy) is 1. The zero-order valence-corrected chi connectivity index (χ0v) is 13.7. The van der Waals surface area contributed by atoms with E-state index in [2.05, 4.69) is 10.2 Å². The summed E-state index contributed by atoms with van der Waals surface area (Å²) in [7, 11) is 1.64. The summed E-state index contributed by atoms with van der Waals surface area (Å²) in [4.78, 5) is 13.8. The summed E-state index contributed by atoms with van der Waals surface area (Å²) in [5.74, 6) is -1.57. The third-order valence-corrected chi connectivity index (χ3v) is 5.17. The number of carbonyl (C=O) groups excluding carboxylic acids is 1. The Bertz CT molecular complexity index is 624. The van der Waals surface area contributed by atoms with Gasteiger partial charge in [0.2, 0.25) is 0 Å². The summed E-state index contributed by atoms with van der Waals surface area (Å²) in [5.41, 5.74) is 5.59. The quantitative estimate of drug-likeness (QED) is 0.831. The van der Waals surface area contributed by atoms with Crippen LogP contribution in [0.15, 0.2) is 18.2 Å². The number of hydrogen-bond donors (Lipinski definition) is 2. The van der Waals surface area contributed by atoms with Crippen LogP contribution in [0.4, 0.5) is 13.6 Å². The lowest BCUT2D eigenvalue weighted by Gasteiger charge is -2.36. The molecule has 0 aromatic heterocycles. The molecular formula is C17H23F2N3O2. The van der Waals surface area contributed by atoms with Crippen molar-refractivity contribution in [2.45, 2.75) is 24.3 Å². The van der Waals surface area contributed by atoms with Crippen molar-refractivity contribution >= 4 is 6.03 Å². The minimum absolute atomic E-state index is 0.135. The molecule has 0 spiro atoms. The van der Waals surface area contributed by atoms with Crippen LogP contribution >= 0.6 is 0 Å². The first-order valence-corrected chi connectivity index (χ1v) is 8.20. The van der Waals surface area contributed by atoms with Crippen molar-refractivity contribution in [1.29, 1.82) is 0 Å². The number of primary amides is 1. The molecule has 5 nitrogen and oxygen atoms in total. The normalized spacial score (nSPS) is 27.4. The Labute approximate surface area is 140 Å². The molecule has 0 bridgehead atoms. The van der Waals surface area contributed by atoms with Gasteiger partial charge in [-0.3, -0.25) is 4.90 Å². The Morgan fingerprint density at radius 1 is 1.42 bits per heavy atom. The number of nitrogens with two attached hydrogens (primary N) is 1. The zero-order chi connectivity index (χ0) is 17.3. The molecule has 1 saturated carbocycles. The summed E-state index contributed by atoms with van der Waals surface area (Å²) in [6.45, 7) is 2.56. The molecule has 1 aromatic rings. The van der Waals surface area contributed by atoms with E-state index in [0.29, 0.717) is 37.7 Å². The molecule has 132 valence electrons. The molecule has 0 unspecified atom stereocenters. The Hall–Kier alpha value is -1.73. The first kappa shape index (κ1) is 17.1. The van der Waals surface area contributed by atoms with Gasteiger partial charge in [0.25, 0.3) is 0 Å². The van der Waals surface area contributed by atoms with Gasteiger partial charge in [-0.2, -0.15) is 0 Å². The van der Waals surface area contributed by atoms with Gasteiger partial charge in [0.05, 0.1) is 12.1 Å². The van der Waals surface area contributed by atoms with Crippen molar-refractivity contribution < 1.29 is 18.3 Å². The molecular weight excluding hydrogens is 316 g/mol. The van der Waals surface area contributed by atoms with Gasteiger partial charge < -0.3 is 15.8 Å². The molecule has 2 atom stereocenters. The van der Waals surface area contributed by atoms with Crippen molar-refractivity contribution in [2.75, 3.05) is 33.4 Å². The third kappa shape index (κ3) is 3.23. The SMILES string of the molecule is COCCN1C[C@@H](c2ccc(F)c(F)c2)[C@@](NC(N)=O)(C2CC2)C1. The maximum absolute atomic E-state index is 13.7. The number of methoxy groups -OCH3 is 1. The van der Waals surface area contributed by atoms with Crippen molar-refractivity contribution in [2.24, 2.45) is 11.7 Å². The standard InChI is InChI=1S/C17H23F2N3O2/c1-24-7-6-22-9-13(11-2-5-14(18)15(19)8-11)17(10-22,12-3-4-12)21-16(20)23/h2,5,8,12-13H,3-4,6-7,9-10H2,1H3,(H3,20,21,23)/t13-,17-/m0/s1. The molecule has 24 heavy (non-hydrogen) atoms. The molecule has 0 radical (unpaired) electrons. The monoisotopic (exact) mass is 339 g/mol. The van der Waals surface area contributed by atoms with Crippen LogP contribution in [0, 0.1) is 17.6 Å². The van der Waals surface area contributed by atoms with E-state index in [1.807, 2.05) is 0 Å². The van der Waals surface area contributed by atoms with Gasteiger partial charge in [0, 0.05) is 32.7 Å². The van der Waals surface area contributed by atoms with Crippen LogP contribution in [0.1, 0.15) is 24.3 Å². The number of amides is 2. The summed E-state index contributed by atoms with van der Waals surface area (Å²) in [6.07, 6.45) is 2.00. The number of likely N-dealkylation sites (tertiary alicyclic amines) is 1. The molecule has 2 amide bonds. The molecule has 1 aliphatic carbocycles. The molecule has 2 aliphatic rings. The number of nitrogens with zero attached hydrogens (tertiary/aromatic N) is 1. The zero-order valence-electron chi connectivity index (χ0n) is 13.7. The highest BCUT2D eigenvalue weighted by molar-refractivity contribution is 5.73. The van der Waals surface area contributed by atoms with Gasteiger partial charge in [-0.25, -0.2) is 13.6 Å². The van der Waals surface area contributed by atoms with Gasteiger partial charge in [0.1, 0.15) is 0 Å². The summed E-state index contributed by atoms with van der Waals surface area (Å²) < 4.78 is 32.2. The number of nitrogens with one attached hydrogen (secondary N) is 1. The number of carbonyl (C=O) groups is 1. The van der Waals surface area contributed by atoms with Crippen LogP contribution < -0.4 is 11.1 Å². The first-order chi connectivity index (χ1) is 11.5. The fourth-order valence-electron chi connectivity index (χ4n) is 3.96. The van der Waals surface area contributed by atoms with Crippen LogP contribution in [-0.2, 0) is 4.74 Å². The largest absolute Gasteiger partial charge is 0.383 e. The van der Waals surface area contributed by atoms with Gasteiger partial charge in [-0.05, 0) is 36.5 Å². The summed E-state index contributed by atoms with van der Waals surface area (Å²) in [6, 6.07) is 3.40. The highest BCUT2D eigenvalue weighted by atomic mass is 19.2. The van der Waals surface area contributed by atoms with E-state index >= 15 is 0 Å². The Morgan fingerprint density at radius 2 is 2.17 bits per heavy atom. The molecule has 1 heterocycles. The van der Waals surface area contributed by atoms with E-state index in [1.165, 1.54) is 6.07 Å². The van der Waals surface area contributed by atoms with Crippen LogP contribution in [0.2, 0.25) is 0 Å². The highest BCUT2D eigenvalue weighted by Gasteiger charge is 2.56. The average Bonchev–Trinajstić information content (AvgIpc) is 3.32. The lowest BCUT2D eigenvalue weighted by atomic mass is 9.78. The number of halogens is 2. The predicted molar refractivity (Wildman–Crippen MR) is 85.6 cm³/mol. The smallest absolute Gasteiger partial charge is 0.312 e. The lowest BCUT2D eigenvalue weighted by Crippen LogP contribution is -2.57. The fourth-order valence-corrected chi connectivity index (χ4v) is 3.96. The molecule has 1 saturated heterocycles. The minimum atomic E-state index is -0.869. The second kappa shape index (κ2) is 6.64. The molecule has 3 rings (SSSR count). The number of benzene rings is 1. The van der Waals surface area contributed by atoms with Crippen molar-refractivity contribution in [3.05, 3.63) is 35.4 Å². The fraction of sp³-hybridized carbons (Fsp3) is 0.588. The predicted octanol–water partition coefficient (Wildman–Crippen LogP) is 1.83. The molecule has 1 aliphatic heterocycles.